The summed E-state index contributed by atoms with van der Waals surface area (Å²) in [4.78, 5) is 21.0. The third-order valence-corrected chi connectivity index (χ3v) is 1.14. The number of carbonyl (C=O) groups excluding carboxylic acids is 1. The summed E-state index contributed by atoms with van der Waals surface area (Å²) in [6.07, 6.45) is -1.50. The third-order valence-electron chi connectivity index (χ3n) is 1.14. The second-order valence-corrected chi connectivity index (χ2v) is 3.54. The lowest BCUT2D eigenvalue weighted by Crippen LogP contribution is -2.38. The van der Waals surface area contributed by atoms with Gasteiger partial charge >= 0.3 is 5.97 Å². The lowest BCUT2D eigenvalue weighted by Gasteiger charge is -2.23. The number of ether oxygens (including phenoxy) is 1. The molecule has 0 aromatic carbocycles. The Labute approximate surface area is 75.7 Å². The number of carbonyl (C=O) groups is 2. The lowest BCUT2D eigenvalue weighted by atomic mass is 10.1. The van der Waals surface area contributed by atoms with Crippen molar-refractivity contribution in [2.45, 2.75) is 32.5 Å². The van der Waals surface area contributed by atoms with E-state index in [-0.39, 0.29) is 0 Å². The van der Waals surface area contributed by atoms with Crippen molar-refractivity contribution < 1.29 is 23.8 Å². The van der Waals surface area contributed by atoms with Crippen LogP contribution in [0, 0.1) is 0 Å². The van der Waals surface area contributed by atoms with Gasteiger partial charge in [0, 0.05) is 0 Å². The number of hydrogen-bond donors (Lipinski definition) is 1. The summed E-state index contributed by atoms with van der Waals surface area (Å²) in [6, 6.07) is 0. The van der Waals surface area contributed by atoms with E-state index in [0.717, 1.165) is 0 Å². The second kappa shape index (κ2) is 4.32. The van der Waals surface area contributed by atoms with Crippen LogP contribution in [-0.4, -0.2) is 35.2 Å². The van der Waals surface area contributed by atoms with Crippen LogP contribution in [-0.2, 0) is 14.3 Å². The molecule has 0 spiro atoms. The predicted octanol–water partition coefficient (Wildman–Crippen LogP) is 0.793. The van der Waals surface area contributed by atoms with E-state index in [9.17, 15) is 14.0 Å². The smallest absolute Gasteiger partial charge is 0.375 e. The van der Waals surface area contributed by atoms with Crippen LogP contribution in [0.5, 0.6) is 0 Å². The maximum absolute atomic E-state index is 12.2. The van der Waals surface area contributed by atoms with Crippen LogP contribution in [0.15, 0.2) is 0 Å². The van der Waals surface area contributed by atoms with Crippen molar-refractivity contribution in [1.82, 2.24) is 0 Å². The Hall–Kier alpha value is -0.970. The van der Waals surface area contributed by atoms with Crippen LogP contribution < -0.4 is 0 Å². The van der Waals surface area contributed by atoms with Gasteiger partial charge in [0.25, 0.3) is 5.78 Å². The Kier molecular flexibility index (Phi) is 4.00. The van der Waals surface area contributed by atoms with Crippen molar-refractivity contribution in [3.8, 4) is 0 Å². The Bertz CT molecular complexity index is 207. The van der Waals surface area contributed by atoms with Gasteiger partial charge in [-0.2, -0.15) is 0 Å². The topological polar surface area (TPSA) is 63.6 Å². The maximum Gasteiger partial charge on any atom is 0.375 e. The van der Waals surface area contributed by atoms with Crippen LogP contribution in [0.2, 0.25) is 0 Å². The number of Topliss-reactive ketones (excluding diaryl/α,β-unsaturated/α-hetero) is 1. The third kappa shape index (κ3) is 4.57. The van der Waals surface area contributed by atoms with E-state index in [1.54, 1.807) is 20.8 Å². The molecule has 76 valence electrons. The van der Waals surface area contributed by atoms with Crippen LogP contribution in [0.1, 0.15) is 20.8 Å². The molecule has 0 bridgehead atoms. The number of carboxylic acid groups (broad SMARTS) is 1. The molecule has 0 amide bonds. The zero-order valence-electron chi connectivity index (χ0n) is 7.83. The fourth-order valence-electron chi connectivity index (χ4n) is 0.720. The normalized spacial score (nSPS) is 13.8. The first-order valence-electron chi connectivity index (χ1n) is 3.79. The monoisotopic (exact) mass is 192 g/mol. The molecular weight excluding hydrogens is 179 g/mol. The number of ketones is 1. The quantitative estimate of drug-likeness (QED) is 0.669. The first-order valence-corrected chi connectivity index (χ1v) is 3.79. The average Bonchev–Trinajstić information content (AvgIpc) is 1.97. The summed E-state index contributed by atoms with van der Waals surface area (Å²) in [6.45, 7) is 3.72. The van der Waals surface area contributed by atoms with Gasteiger partial charge in [-0.25, -0.2) is 9.18 Å². The molecule has 0 rings (SSSR count). The molecule has 4 nitrogen and oxygen atoms in total. The van der Waals surface area contributed by atoms with Gasteiger partial charge in [-0.15, -0.1) is 0 Å². The number of hydrogen-bond acceptors (Lipinski definition) is 3. The molecule has 0 aliphatic rings. The van der Waals surface area contributed by atoms with Crippen molar-refractivity contribution in [2.75, 3.05) is 6.67 Å². The van der Waals surface area contributed by atoms with E-state index in [1.807, 2.05) is 0 Å². The summed E-state index contributed by atoms with van der Waals surface area (Å²) in [5.41, 5.74) is -0.734. The second-order valence-electron chi connectivity index (χ2n) is 3.54. The molecule has 0 radical (unpaired) electrons. The highest BCUT2D eigenvalue weighted by Crippen LogP contribution is 2.11. The number of carboxylic acids is 1. The maximum atomic E-state index is 12.2. The highest BCUT2D eigenvalue weighted by atomic mass is 19.1. The van der Waals surface area contributed by atoms with Crippen molar-refractivity contribution in [3.05, 3.63) is 0 Å². The van der Waals surface area contributed by atoms with E-state index in [0.29, 0.717) is 0 Å². The minimum absolute atomic E-state index is 0.734. The molecule has 1 N–H and O–H groups in total. The molecule has 0 heterocycles. The summed E-state index contributed by atoms with van der Waals surface area (Å²) >= 11 is 0. The molecule has 0 aromatic rings. The van der Waals surface area contributed by atoms with Gasteiger partial charge in [-0.05, 0) is 20.8 Å². The van der Waals surface area contributed by atoms with E-state index < -0.39 is 30.1 Å². The molecule has 0 fully saturated rings. The number of alkyl halides is 1. The summed E-state index contributed by atoms with van der Waals surface area (Å²) < 4.78 is 17.1. The van der Waals surface area contributed by atoms with Crippen molar-refractivity contribution in [3.63, 3.8) is 0 Å². The summed E-state index contributed by atoms with van der Waals surface area (Å²) in [5, 5.41) is 8.28. The van der Waals surface area contributed by atoms with Crippen LogP contribution in [0.25, 0.3) is 0 Å². The average molecular weight is 192 g/mol. The van der Waals surface area contributed by atoms with E-state index >= 15 is 0 Å². The Balaban J connectivity index is 4.36. The molecule has 0 unspecified atom stereocenters. The molecule has 0 aromatic heterocycles. The minimum atomic E-state index is -1.67. The predicted molar refractivity (Wildman–Crippen MR) is 43.2 cm³/mol. The van der Waals surface area contributed by atoms with Gasteiger partial charge in [-0.3, -0.25) is 4.79 Å². The zero-order valence-corrected chi connectivity index (χ0v) is 7.83. The van der Waals surface area contributed by atoms with Gasteiger partial charge < -0.3 is 9.84 Å². The SMILES string of the molecule is CC(C)(C)O[C@@H](CF)C(=O)C(=O)O. The van der Waals surface area contributed by atoms with Crippen LogP contribution in [0.4, 0.5) is 4.39 Å². The standard InChI is InChI=1S/C8H13FO4/c1-8(2,3)13-5(4-9)6(10)7(11)12/h5H,4H2,1-3H3,(H,11,12)/t5-/m0/s1. The van der Waals surface area contributed by atoms with Gasteiger partial charge in [0.1, 0.15) is 6.67 Å². The molecule has 0 saturated carbocycles. The summed E-state index contributed by atoms with van der Waals surface area (Å²) in [7, 11) is 0. The van der Waals surface area contributed by atoms with Gasteiger partial charge in [0.2, 0.25) is 0 Å². The van der Waals surface area contributed by atoms with Gasteiger partial charge in [0.05, 0.1) is 5.60 Å². The van der Waals surface area contributed by atoms with E-state index in [2.05, 4.69) is 0 Å². The van der Waals surface area contributed by atoms with E-state index in [1.165, 1.54) is 0 Å². The number of rotatable bonds is 4. The van der Waals surface area contributed by atoms with Crippen molar-refractivity contribution in [1.29, 1.82) is 0 Å². The largest absolute Gasteiger partial charge is 0.475 e. The first-order chi connectivity index (χ1) is 5.78. The number of halogens is 1. The Morgan fingerprint density at radius 3 is 2.15 bits per heavy atom. The Morgan fingerprint density at radius 1 is 1.46 bits per heavy atom. The minimum Gasteiger partial charge on any atom is -0.475 e. The number of aliphatic carboxylic acids is 1. The molecule has 0 aliphatic carbocycles. The lowest BCUT2D eigenvalue weighted by molar-refractivity contribution is -0.160. The van der Waals surface area contributed by atoms with Crippen LogP contribution in [0.3, 0.4) is 0 Å². The van der Waals surface area contributed by atoms with Gasteiger partial charge in [-0.1, -0.05) is 0 Å². The fraction of sp³-hybridized carbons (Fsp3) is 0.750. The van der Waals surface area contributed by atoms with Crippen molar-refractivity contribution in [2.24, 2.45) is 0 Å². The highest BCUT2D eigenvalue weighted by Gasteiger charge is 2.29. The molecule has 5 heteroatoms. The summed E-state index contributed by atoms with van der Waals surface area (Å²) in [5.74, 6) is -2.93. The van der Waals surface area contributed by atoms with Crippen LogP contribution >= 0.6 is 0 Å². The highest BCUT2D eigenvalue weighted by molar-refractivity contribution is 6.34. The van der Waals surface area contributed by atoms with E-state index in [4.69, 9.17) is 9.84 Å². The fourth-order valence-corrected chi connectivity index (χ4v) is 0.720. The molecule has 1 atom stereocenters. The van der Waals surface area contributed by atoms with Gasteiger partial charge in [0.15, 0.2) is 6.10 Å². The zero-order chi connectivity index (χ0) is 10.6. The first kappa shape index (κ1) is 12.0. The molecular formula is C8H13FO4. The Morgan fingerprint density at radius 2 is 1.92 bits per heavy atom. The van der Waals surface area contributed by atoms with Crippen molar-refractivity contribution >= 4 is 11.8 Å². The molecule has 0 aliphatic heterocycles. The molecule has 0 saturated heterocycles. The molecule has 13 heavy (non-hydrogen) atoms.